The molecule has 180 valence electrons. The third-order valence-electron chi connectivity index (χ3n) is 7.66. The lowest BCUT2D eigenvalue weighted by molar-refractivity contribution is -0.140. The predicted octanol–water partition coefficient (Wildman–Crippen LogP) is 1.69. The summed E-state index contributed by atoms with van der Waals surface area (Å²) in [6.07, 6.45) is 1.47. The van der Waals surface area contributed by atoms with Crippen LogP contribution in [0.4, 0.5) is 11.4 Å². The van der Waals surface area contributed by atoms with E-state index in [1.54, 1.807) is 18.8 Å². The molecule has 3 N–H and O–H groups in total. The van der Waals surface area contributed by atoms with Crippen LogP contribution < -0.4 is 15.5 Å². The third kappa shape index (κ3) is 3.60. The minimum atomic E-state index is -0.730. The number of aliphatic hydroxyl groups excluding tert-OH is 1. The largest absolute Gasteiger partial charge is 0.395 e. The van der Waals surface area contributed by atoms with E-state index in [9.17, 15) is 19.5 Å². The molecule has 1 spiro atoms. The van der Waals surface area contributed by atoms with Gasteiger partial charge in [0, 0.05) is 42.8 Å². The van der Waals surface area contributed by atoms with Crippen LogP contribution >= 0.6 is 11.8 Å². The van der Waals surface area contributed by atoms with Crippen molar-refractivity contribution in [2.45, 2.75) is 49.1 Å². The van der Waals surface area contributed by atoms with Crippen molar-refractivity contribution in [1.29, 1.82) is 0 Å². The Labute approximate surface area is 199 Å². The van der Waals surface area contributed by atoms with Gasteiger partial charge < -0.3 is 25.5 Å². The van der Waals surface area contributed by atoms with Crippen LogP contribution in [0.5, 0.6) is 0 Å². The number of carbonyl (C=O) groups is 3. The van der Waals surface area contributed by atoms with Gasteiger partial charge in [0.2, 0.25) is 17.7 Å². The summed E-state index contributed by atoms with van der Waals surface area (Å²) < 4.78 is -1.04. The number of thioether (sulfide) groups is 1. The van der Waals surface area contributed by atoms with E-state index < -0.39 is 22.6 Å². The minimum absolute atomic E-state index is 0.0772. The van der Waals surface area contributed by atoms with Crippen LogP contribution in [0.25, 0.3) is 0 Å². The van der Waals surface area contributed by atoms with Crippen LogP contribution in [0.2, 0.25) is 0 Å². The van der Waals surface area contributed by atoms with Crippen molar-refractivity contribution in [3.05, 3.63) is 24.3 Å². The molecule has 0 radical (unpaired) electrons. The Morgan fingerprint density at radius 1 is 1.18 bits per heavy atom. The zero-order valence-electron chi connectivity index (χ0n) is 19.8. The van der Waals surface area contributed by atoms with Crippen molar-refractivity contribution in [1.82, 2.24) is 10.2 Å². The highest BCUT2D eigenvalue weighted by molar-refractivity contribution is 8.02. The summed E-state index contributed by atoms with van der Waals surface area (Å²) in [6, 6.07) is 6.98. The number of β-amino-alcohol motifs (C(OH)–C–C–N with tert-alkyl or cyclic N) is 1. The first-order valence-electron chi connectivity index (χ1n) is 11.7. The maximum atomic E-state index is 13.6. The van der Waals surface area contributed by atoms with Gasteiger partial charge in [0.05, 0.1) is 23.2 Å². The van der Waals surface area contributed by atoms with E-state index in [-0.39, 0.29) is 35.6 Å². The number of aliphatic hydroxyl groups is 1. The summed E-state index contributed by atoms with van der Waals surface area (Å²) >= 11 is 1.62. The molecule has 3 amide bonds. The van der Waals surface area contributed by atoms with Crippen molar-refractivity contribution in [2.75, 3.05) is 43.5 Å². The lowest BCUT2D eigenvalue weighted by Gasteiger charge is -2.34. The standard InChI is InChI=1S/C24H34N4O4S/c1-5-27(6-2)16-9-7-15(8-10-16)26-21(31)19-24-12-11-23(3,33-24)17(20(30)25-4)18(24)22(32)28(19)13-14-29/h7-10,17-19,29H,5-6,11-14H2,1-4H3,(H,25,30)(H,26,31)/t17-,18-,19?,23+,24?/m0/s1. The highest BCUT2D eigenvalue weighted by Crippen LogP contribution is 2.71. The summed E-state index contributed by atoms with van der Waals surface area (Å²) in [5.74, 6) is -1.66. The molecule has 9 heteroatoms. The number of hydrogen-bond acceptors (Lipinski definition) is 6. The Hall–Kier alpha value is -2.26. The van der Waals surface area contributed by atoms with Crippen molar-refractivity contribution >= 4 is 40.9 Å². The lowest BCUT2D eigenvalue weighted by Crippen LogP contribution is -2.52. The second-order valence-electron chi connectivity index (χ2n) is 9.31. The van der Waals surface area contributed by atoms with E-state index in [0.717, 1.165) is 25.2 Å². The molecule has 1 aromatic rings. The molecule has 3 heterocycles. The molecule has 5 atom stereocenters. The Kier molecular flexibility index (Phi) is 6.39. The molecule has 2 bridgehead atoms. The van der Waals surface area contributed by atoms with Gasteiger partial charge in [-0.25, -0.2) is 0 Å². The molecule has 3 fully saturated rings. The Morgan fingerprint density at radius 2 is 1.85 bits per heavy atom. The molecular weight excluding hydrogens is 440 g/mol. The fourth-order valence-corrected chi connectivity index (χ4v) is 8.54. The molecule has 8 nitrogen and oxygen atoms in total. The molecule has 2 unspecified atom stereocenters. The molecule has 0 aliphatic carbocycles. The van der Waals surface area contributed by atoms with Gasteiger partial charge >= 0.3 is 0 Å². The molecule has 3 saturated heterocycles. The first-order chi connectivity index (χ1) is 15.8. The summed E-state index contributed by atoms with van der Waals surface area (Å²) in [4.78, 5) is 43.7. The average molecular weight is 475 g/mol. The zero-order chi connectivity index (χ0) is 24.0. The van der Waals surface area contributed by atoms with Gasteiger partial charge in [0.25, 0.3) is 0 Å². The SMILES string of the molecule is CCN(CC)c1ccc(NC(=O)C2N(CCO)C(=O)[C@@H]3[C@@H](C(=O)NC)[C@@]4(C)CCC23S4)cc1. The monoisotopic (exact) mass is 474 g/mol. The first kappa shape index (κ1) is 23.9. The fraction of sp³-hybridized carbons (Fsp3) is 0.625. The highest BCUT2D eigenvalue weighted by atomic mass is 32.2. The molecule has 3 aliphatic rings. The van der Waals surface area contributed by atoms with E-state index in [0.29, 0.717) is 12.1 Å². The lowest BCUT2D eigenvalue weighted by atomic mass is 9.66. The summed E-state index contributed by atoms with van der Waals surface area (Å²) in [6.45, 7) is 7.88. The molecular formula is C24H34N4O4S. The second kappa shape index (κ2) is 8.83. The van der Waals surface area contributed by atoms with Gasteiger partial charge in [0.15, 0.2) is 0 Å². The quantitative estimate of drug-likeness (QED) is 0.530. The van der Waals surface area contributed by atoms with Crippen molar-refractivity contribution in [2.24, 2.45) is 11.8 Å². The summed E-state index contributed by atoms with van der Waals surface area (Å²) in [7, 11) is 1.59. The predicted molar refractivity (Wildman–Crippen MR) is 130 cm³/mol. The number of carbonyl (C=O) groups excluding carboxylic acids is 3. The number of rotatable bonds is 8. The van der Waals surface area contributed by atoms with E-state index in [1.807, 2.05) is 31.2 Å². The molecule has 0 saturated carbocycles. The molecule has 33 heavy (non-hydrogen) atoms. The van der Waals surface area contributed by atoms with Gasteiger partial charge in [-0.2, -0.15) is 0 Å². The van der Waals surface area contributed by atoms with Crippen molar-refractivity contribution < 1.29 is 19.5 Å². The number of benzene rings is 1. The van der Waals surface area contributed by atoms with E-state index in [4.69, 9.17) is 0 Å². The maximum absolute atomic E-state index is 13.6. The van der Waals surface area contributed by atoms with Gasteiger partial charge in [0.1, 0.15) is 6.04 Å². The van der Waals surface area contributed by atoms with E-state index in [2.05, 4.69) is 29.4 Å². The van der Waals surface area contributed by atoms with Crippen LogP contribution in [0, 0.1) is 11.8 Å². The first-order valence-corrected chi connectivity index (χ1v) is 12.6. The van der Waals surface area contributed by atoms with E-state index in [1.165, 1.54) is 4.90 Å². The maximum Gasteiger partial charge on any atom is 0.248 e. The average Bonchev–Trinajstić information content (AvgIpc) is 3.36. The van der Waals surface area contributed by atoms with Gasteiger partial charge in [-0.1, -0.05) is 0 Å². The fourth-order valence-electron chi connectivity index (χ4n) is 6.19. The Bertz CT molecular complexity index is 937. The smallest absolute Gasteiger partial charge is 0.248 e. The third-order valence-corrected chi connectivity index (χ3v) is 9.64. The number of nitrogens with zero attached hydrogens (tertiary/aromatic N) is 2. The summed E-state index contributed by atoms with van der Waals surface area (Å²) in [5.41, 5.74) is 1.75. The Balaban J connectivity index is 1.64. The zero-order valence-corrected chi connectivity index (χ0v) is 20.6. The number of hydrogen-bond donors (Lipinski definition) is 3. The molecule has 1 aromatic carbocycles. The van der Waals surface area contributed by atoms with Crippen LogP contribution in [-0.2, 0) is 14.4 Å². The van der Waals surface area contributed by atoms with Gasteiger partial charge in [-0.15, -0.1) is 11.8 Å². The topological polar surface area (TPSA) is 102 Å². The van der Waals surface area contributed by atoms with Gasteiger partial charge in [-0.05, 0) is 57.9 Å². The van der Waals surface area contributed by atoms with Crippen LogP contribution in [-0.4, -0.2) is 76.6 Å². The van der Waals surface area contributed by atoms with E-state index >= 15 is 0 Å². The highest BCUT2D eigenvalue weighted by Gasteiger charge is 2.76. The Morgan fingerprint density at radius 3 is 2.42 bits per heavy atom. The number of nitrogens with one attached hydrogen (secondary N) is 2. The number of likely N-dealkylation sites (tertiary alicyclic amines) is 1. The van der Waals surface area contributed by atoms with Crippen molar-refractivity contribution in [3.8, 4) is 0 Å². The van der Waals surface area contributed by atoms with Crippen LogP contribution in [0.3, 0.4) is 0 Å². The number of amides is 3. The molecule has 4 rings (SSSR count). The molecule has 0 aromatic heterocycles. The summed E-state index contributed by atoms with van der Waals surface area (Å²) in [5, 5.41) is 15.4. The minimum Gasteiger partial charge on any atom is -0.395 e. The van der Waals surface area contributed by atoms with Crippen LogP contribution in [0.15, 0.2) is 24.3 Å². The normalized spacial score (nSPS) is 32.1. The van der Waals surface area contributed by atoms with Gasteiger partial charge in [-0.3, -0.25) is 14.4 Å². The second-order valence-corrected chi connectivity index (χ2v) is 11.2. The number of fused-ring (bicyclic) bond motifs is 1. The molecule has 3 aliphatic heterocycles. The number of anilines is 2. The van der Waals surface area contributed by atoms with Crippen LogP contribution in [0.1, 0.15) is 33.6 Å². The van der Waals surface area contributed by atoms with Crippen molar-refractivity contribution in [3.63, 3.8) is 0 Å².